The molecule has 0 aliphatic heterocycles. The molecule has 0 aromatic heterocycles. The Labute approximate surface area is 85.3 Å². The largest absolute Gasteiger partial charge is 0.464 e. The van der Waals surface area contributed by atoms with E-state index in [0.717, 1.165) is 24.3 Å². The average Bonchev–Trinajstić information content (AvgIpc) is 2.06. The van der Waals surface area contributed by atoms with Gasteiger partial charge in [0.15, 0.2) is 0 Å². The van der Waals surface area contributed by atoms with Crippen LogP contribution < -0.4 is 0 Å². The van der Waals surface area contributed by atoms with Crippen LogP contribution in [0.5, 0.6) is 0 Å². The summed E-state index contributed by atoms with van der Waals surface area (Å²) in [7, 11) is 0. The van der Waals surface area contributed by atoms with E-state index in [0.29, 0.717) is 0 Å². The molecule has 0 bridgehead atoms. The normalized spacial score (nSPS) is 12.9. The third-order valence-corrected chi connectivity index (χ3v) is 2.39. The molecule has 0 spiro atoms. The van der Waals surface area contributed by atoms with Crippen LogP contribution in [0.2, 0.25) is 0 Å². The van der Waals surface area contributed by atoms with Crippen LogP contribution in [0.4, 0.5) is 26.3 Å². The minimum absolute atomic E-state index is 0.348. The van der Waals surface area contributed by atoms with E-state index in [-0.39, 0.29) is 4.90 Å². The van der Waals surface area contributed by atoms with Crippen molar-refractivity contribution in [3.05, 3.63) is 30.1 Å². The molecular weight excluding hydrogens is 242 g/mol. The Morgan fingerprint density at radius 1 is 0.867 bits per heavy atom. The van der Waals surface area contributed by atoms with Gasteiger partial charge in [-0.25, -0.2) is 4.39 Å². The minimum atomic E-state index is -5.62. The summed E-state index contributed by atoms with van der Waals surface area (Å²) < 4.78 is 72.5. The monoisotopic (exact) mass is 246 g/mol. The van der Waals surface area contributed by atoms with E-state index in [4.69, 9.17) is 0 Å². The van der Waals surface area contributed by atoms with Crippen LogP contribution in [0.1, 0.15) is 0 Å². The zero-order valence-electron chi connectivity index (χ0n) is 6.99. The quantitative estimate of drug-likeness (QED) is 0.559. The molecule has 0 saturated carbocycles. The summed E-state index contributed by atoms with van der Waals surface area (Å²) in [6, 6.07) is 3.35. The molecule has 1 rings (SSSR count). The van der Waals surface area contributed by atoms with Gasteiger partial charge in [-0.2, -0.15) is 22.0 Å². The highest BCUT2D eigenvalue weighted by Crippen LogP contribution is 2.47. The number of rotatable bonds is 2. The van der Waals surface area contributed by atoms with Gasteiger partial charge in [-0.3, -0.25) is 0 Å². The number of alkyl halides is 5. The first-order valence-corrected chi connectivity index (χ1v) is 4.43. The summed E-state index contributed by atoms with van der Waals surface area (Å²) in [6.07, 6.45) is -5.62. The summed E-state index contributed by atoms with van der Waals surface area (Å²) in [6.45, 7) is 0. The predicted molar refractivity (Wildman–Crippen MR) is 43.3 cm³/mol. The smallest absolute Gasteiger partial charge is 0.207 e. The van der Waals surface area contributed by atoms with Gasteiger partial charge in [0.05, 0.1) is 0 Å². The molecule has 1 aromatic carbocycles. The van der Waals surface area contributed by atoms with E-state index in [2.05, 4.69) is 0 Å². The third-order valence-electron chi connectivity index (χ3n) is 1.39. The second-order valence-corrected chi connectivity index (χ2v) is 3.76. The van der Waals surface area contributed by atoms with Crippen LogP contribution in [0.15, 0.2) is 29.2 Å². The van der Waals surface area contributed by atoms with Crippen molar-refractivity contribution in [3.8, 4) is 0 Å². The Morgan fingerprint density at radius 2 is 1.33 bits per heavy atom. The maximum atomic E-state index is 12.5. The minimum Gasteiger partial charge on any atom is -0.207 e. The Morgan fingerprint density at radius 3 is 1.73 bits per heavy atom. The Hall–Kier alpha value is -0.850. The van der Waals surface area contributed by atoms with E-state index in [1.165, 1.54) is 0 Å². The lowest BCUT2D eigenvalue weighted by Crippen LogP contribution is -2.32. The lowest BCUT2D eigenvalue weighted by atomic mass is 10.4. The van der Waals surface area contributed by atoms with Crippen molar-refractivity contribution >= 4 is 11.8 Å². The molecule has 1 aromatic rings. The fraction of sp³-hybridized carbons (Fsp3) is 0.250. The third kappa shape index (κ3) is 3.05. The van der Waals surface area contributed by atoms with Crippen molar-refractivity contribution in [2.75, 3.05) is 0 Å². The van der Waals surface area contributed by atoms with Gasteiger partial charge in [0.25, 0.3) is 0 Å². The molecule has 84 valence electrons. The lowest BCUT2D eigenvalue weighted by molar-refractivity contribution is -0.237. The van der Waals surface area contributed by atoms with Crippen LogP contribution >= 0.6 is 11.8 Å². The van der Waals surface area contributed by atoms with E-state index in [1.54, 1.807) is 0 Å². The van der Waals surface area contributed by atoms with Crippen molar-refractivity contribution in [1.29, 1.82) is 0 Å². The fourth-order valence-electron chi connectivity index (χ4n) is 0.709. The molecular formula is C8H4F6S. The van der Waals surface area contributed by atoms with E-state index >= 15 is 0 Å². The van der Waals surface area contributed by atoms with Gasteiger partial charge in [0.2, 0.25) is 0 Å². The molecule has 0 saturated heterocycles. The van der Waals surface area contributed by atoms with Crippen LogP contribution in [0.3, 0.4) is 0 Å². The molecule has 0 nitrogen and oxygen atoms in total. The highest BCUT2D eigenvalue weighted by Gasteiger charge is 2.58. The maximum absolute atomic E-state index is 12.5. The number of hydrogen-bond acceptors (Lipinski definition) is 1. The zero-order valence-corrected chi connectivity index (χ0v) is 7.80. The average molecular weight is 246 g/mol. The van der Waals surface area contributed by atoms with Gasteiger partial charge in [0, 0.05) is 4.90 Å². The number of benzene rings is 1. The summed E-state index contributed by atoms with van der Waals surface area (Å²) in [5.41, 5.74) is 0. The van der Waals surface area contributed by atoms with Crippen molar-refractivity contribution < 1.29 is 26.3 Å². The summed E-state index contributed by atoms with van der Waals surface area (Å²) >= 11 is -0.663. The fourth-order valence-corrected chi connectivity index (χ4v) is 1.39. The summed E-state index contributed by atoms with van der Waals surface area (Å²) in [5, 5.41) is -4.87. The summed E-state index contributed by atoms with van der Waals surface area (Å²) in [4.78, 5) is -0.348. The van der Waals surface area contributed by atoms with Crippen molar-refractivity contribution in [2.45, 2.75) is 16.3 Å². The second kappa shape index (κ2) is 3.96. The van der Waals surface area contributed by atoms with Gasteiger partial charge in [0.1, 0.15) is 5.82 Å². The lowest BCUT2D eigenvalue weighted by Gasteiger charge is -2.18. The van der Waals surface area contributed by atoms with E-state index in [1.807, 2.05) is 0 Å². The Bertz CT molecular complexity index is 328. The van der Waals surface area contributed by atoms with Gasteiger partial charge >= 0.3 is 11.4 Å². The first-order chi connectivity index (χ1) is 6.72. The molecule has 0 heterocycles. The van der Waals surface area contributed by atoms with Gasteiger partial charge < -0.3 is 0 Å². The molecule has 15 heavy (non-hydrogen) atoms. The Balaban J connectivity index is 2.82. The number of thioether (sulfide) groups is 1. The number of hydrogen-bond donors (Lipinski definition) is 0. The number of halogens is 6. The topological polar surface area (TPSA) is 0 Å². The zero-order chi connectivity index (χ0) is 11.7. The van der Waals surface area contributed by atoms with Gasteiger partial charge in [-0.15, -0.1) is 0 Å². The van der Waals surface area contributed by atoms with Crippen molar-refractivity contribution in [3.63, 3.8) is 0 Å². The maximum Gasteiger partial charge on any atom is 0.464 e. The molecule has 0 aliphatic rings. The highest BCUT2D eigenvalue weighted by atomic mass is 32.2. The molecule has 0 N–H and O–H groups in total. The van der Waals surface area contributed by atoms with Crippen LogP contribution in [0.25, 0.3) is 0 Å². The van der Waals surface area contributed by atoms with Crippen LogP contribution in [-0.2, 0) is 0 Å². The van der Waals surface area contributed by atoms with Crippen LogP contribution in [0, 0.1) is 5.82 Å². The predicted octanol–water partition coefficient (Wildman–Crippen LogP) is 4.07. The summed E-state index contributed by atoms with van der Waals surface area (Å²) in [5.74, 6) is -0.699. The van der Waals surface area contributed by atoms with Crippen molar-refractivity contribution in [1.82, 2.24) is 0 Å². The van der Waals surface area contributed by atoms with E-state index < -0.39 is 29.0 Å². The van der Waals surface area contributed by atoms with Crippen molar-refractivity contribution in [2.24, 2.45) is 0 Å². The molecule has 0 atom stereocenters. The molecule has 0 fully saturated rings. The molecule has 0 radical (unpaired) electrons. The first kappa shape index (κ1) is 12.2. The Kier molecular flexibility index (Phi) is 3.22. The van der Waals surface area contributed by atoms with Crippen LogP contribution in [-0.4, -0.2) is 11.4 Å². The van der Waals surface area contributed by atoms with Gasteiger partial charge in [-0.05, 0) is 36.0 Å². The first-order valence-electron chi connectivity index (χ1n) is 3.61. The standard InChI is InChI=1S/C8H4F6S/c9-5-1-3-6(4-2-5)15-8(13,14)7(10,11)12/h1-4H. The second-order valence-electron chi connectivity index (χ2n) is 2.57. The molecule has 0 amide bonds. The molecule has 0 aliphatic carbocycles. The molecule has 0 unspecified atom stereocenters. The van der Waals surface area contributed by atoms with E-state index in [9.17, 15) is 26.3 Å². The SMILES string of the molecule is Fc1ccc(SC(F)(F)C(F)(F)F)cc1. The van der Waals surface area contributed by atoms with Gasteiger partial charge in [-0.1, -0.05) is 0 Å². The molecule has 7 heteroatoms. The highest BCUT2D eigenvalue weighted by molar-refractivity contribution is 8.00.